The largest absolute Gasteiger partial charge is 0.497 e. The number of nitrogens with zero attached hydrogens (tertiary/aromatic N) is 2. The van der Waals surface area contributed by atoms with E-state index in [4.69, 9.17) is 4.74 Å². The fourth-order valence-corrected chi connectivity index (χ4v) is 4.66. The van der Waals surface area contributed by atoms with E-state index < -0.39 is 0 Å². The molecule has 1 saturated heterocycles. The van der Waals surface area contributed by atoms with Gasteiger partial charge in [0.15, 0.2) is 0 Å². The van der Waals surface area contributed by atoms with Crippen molar-refractivity contribution in [2.45, 2.75) is 25.7 Å². The Morgan fingerprint density at radius 3 is 2.48 bits per heavy atom. The zero-order chi connectivity index (χ0) is 20.1. The maximum atomic E-state index is 12.9. The molecule has 4 nitrogen and oxygen atoms in total. The van der Waals surface area contributed by atoms with Crippen LogP contribution in [0.1, 0.15) is 39.5 Å². The number of methoxy groups -OCH3 is 1. The molecule has 2 aromatic carbocycles. The van der Waals surface area contributed by atoms with Crippen LogP contribution in [0.3, 0.4) is 0 Å². The quantitative estimate of drug-likeness (QED) is 0.588. The monoisotopic (exact) mass is 406 g/mol. The molecule has 1 amide bonds. The molecule has 29 heavy (non-hydrogen) atoms. The topological polar surface area (TPSA) is 42.4 Å². The second kappa shape index (κ2) is 9.23. The van der Waals surface area contributed by atoms with E-state index >= 15 is 0 Å². The fourth-order valence-electron chi connectivity index (χ4n) is 3.86. The van der Waals surface area contributed by atoms with Crippen molar-refractivity contribution >= 4 is 17.2 Å². The number of hydrogen-bond acceptors (Lipinski definition) is 4. The number of carbonyl (C=O) groups is 1. The normalized spacial score (nSPS) is 14.7. The van der Waals surface area contributed by atoms with Crippen LogP contribution < -0.4 is 4.74 Å². The van der Waals surface area contributed by atoms with Crippen molar-refractivity contribution in [3.05, 3.63) is 81.8 Å². The zero-order valence-corrected chi connectivity index (χ0v) is 17.5. The highest BCUT2D eigenvalue weighted by Gasteiger charge is 2.25. The lowest BCUT2D eigenvalue weighted by atomic mass is 9.90. The minimum absolute atomic E-state index is 0.0726. The number of ether oxygens (including phenoxy) is 1. The first-order chi connectivity index (χ1) is 14.2. The van der Waals surface area contributed by atoms with Crippen molar-refractivity contribution in [2.24, 2.45) is 5.92 Å². The van der Waals surface area contributed by atoms with Gasteiger partial charge in [0.05, 0.1) is 12.1 Å². The van der Waals surface area contributed by atoms with Gasteiger partial charge in [0.25, 0.3) is 5.91 Å². The van der Waals surface area contributed by atoms with Crippen LogP contribution in [0, 0.1) is 5.92 Å². The molecule has 4 rings (SSSR count). The van der Waals surface area contributed by atoms with Crippen LogP contribution in [0.25, 0.3) is 0 Å². The van der Waals surface area contributed by atoms with Gasteiger partial charge in [0.2, 0.25) is 0 Å². The second-order valence-corrected chi connectivity index (χ2v) is 8.52. The Kier molecular flexibility index (Phi) is 6.25. The van der Waals surface area contributed by atoms with Gasteiger partial charge in [-0.05, 0) is 48.4 Å². The first-order valence-corrected chi connectivity index (χ1v) is 11.0. The predicted molar refractivity (Wildman–Crippen MR) is 117 cm³/mol. The summed E-state index contributed by atoms with van der Waals surface area (Å²) in [6.07, 6.45) is 3.92. The van der Waals surface area contributed by atoms with E-state index in [1.807, 2.05) is 40.6 Å². The fraction of sp³-hybridized carbons (Fsp3) is 0.333. The van der Waals surface area contributed by atoms with E-state index in [0.717, 1.165) is 49.5 Å². The summed E-state index contributed by atoms with van der Waals surface area (Å²) in [5.41, 5.74) is 3.15. The van der Waals surface area contributed by atoms with Crippen LogP contribution in [-0.2, 0) is 12.8 Å². The molecule has 1 aromatic heterocycles. The summed E-state index contributed by atoms with van der Waals surface area (Å²) in [6, 6.07) is 18.6. The van der Waals surface area contributed by atoms with Crippen molar-refractivity contribution in [3.8, 4) is 5.75 Å². The van der Waals surface area contributed by atoms with Crippen LogP contribution in [-0.4, -0.2) is 36.0 Å². The van der Waals surface area contributed by atoms with Gasteiger partial charge >= 0.3 is 0 Å². The highest BCUT2D eigenvalue weighted by Crippen LogP contribution is 2.24. The second-order valence-electron chi connectivity index (χ2n) is 7.58. The molecule has 1 aliphatic heterocycles. The Hall–Kier alpha value is -2.66. The smallest absolute Gasteiger partial charge is 0.273 e. The minimum Gasteiger partial charge on any atom is -0.497 e. The minimum atomic E-state index is 0.0726. The number of carbonyl (C=O) groups excluding carboxylic acids is 1. The Labute approximate surface area is 176 Å². The van der Waals surface area contributed by atoms with Gasteiger partial charge in [-0.25, -0.2) is 4.98 Å². The number of benzene rings is 2. The van der Waals surface area contributed by atoms with E-state index in [9.17, 15) is 4.79 Å². The molecule has 150 valence electrons. The standard InChI is InChI=1S/C24H26N2O2S/c1-28-21-9-7-19(8-10-21)15-20-11-13-26(14-12-20)24(27)22-17-29-23(25-22)16-18-5-3-2-4-6-18/h2-10,17,20H,11-16H2,1H3. The lowest BCUT2D eigenvalue weighted by Crippen LogP contribution is -2.39. The van der Waals surface area contributed by atoms with Crippen molar-refractivity contribution in [1.29, 1.82) is 0 Å². The highest BCUT2D eigenvalue weighted by atomic mass is 32.1. The maximum absolute atomic E-state index is 12.9. The predicted octanol–water partition coefficient (Wildman–Crippen LogP) is 4.84. The number of hydrogen-bond donors (Lipinski definition) is 0. The van der Waals surface area contributed by atoms with Gasteiger partial charge in [-0.15, -0.1) is 11.3 Å². The molecular formula is C24H26N2O2S. The molecule has 0 bridgehead atoms. The first-order valence-electron chi connectivity index (χ1n) is 10.1. The lowest BCUT2D eigenvalue weighted by molar-refractivity contribution is 0.0685. The number of piperidine rings is 1. The van der Waals surface area contributed by atoms with Crippen LogP contribution >= 0.6 is 11.3 Å². The highest BCUT2D eigenvalue weighted by molar-refractivity contribution is 7.09. The lowest BCUT2D eigenvalue weighted by Gasteiger charge is -2.31. The summed E-state index contributed by atoms with van der Waals surface area (Å²) < 4.78 is 5.23. The number of aromatic nitrogens is 1. The number of likely N-dealkylation sites (tertiary alicyclic amines) is 1. The summed E-state index contributed by atoms with van der Waals surface area (Å²) in [4.78, 5) is 19.4. The number of thiazole rings is 1. The molecular weight excluding hydrogens is 380 g/mol. The van der Waals surface area contributed by atoms with Gasteiger partial charge in [-0.2, -0.15) is 0 Å². The van der Waals surface area contributed by atoms with E-state index in [-0.39, 0.29) is 5.91 Å². The summed E-state index contributed by atoms with van der Waals surface area (Å²) in [6.45, 7) is 1.62. The Bertz CT molecular complexity index is 929. The molecule has 0 unspecified atom stereocenters. The molecule has 0 spiro atoms. The molecule has 0 N–H and O–H groups in total. The Morgan fingerprint density at radius 1 is 1.07 bits per heavy atom. The summed E-state index contributed by atoms with van der Waals surface area (Å²) in [7, 11) is 1.69. The number of amides is 1. The van der Waals surface area contributed by atoms with Crippen molar-refractivity contribution < 1.29 is 9.53 Å². The number of rotatable bonds is 6. The van der Waals surface area contributed by atoms with E-state index in [1.165, 1.54) is 11.1 Å². The third-order valence-electron chi connectivity index (χ3n) is 5.55. The molecule has 1 fully saturated rings. The van der Waals surface area contributed by atoms with Gasteiger partial charge in [-0.1, -0.05) is 42.5 Å². The van der Waals surface area contributed by atoms with Crippen molar-refractivity contribution in [1.82, 2.24) is 9.88 Å². The van der Waals surface area contributed by atoms with E-state index in [2.05, 4.69) is 29.2 Å². The molecule has 0 atom stereocenters. The van der Waals surface area contributed by atoms with Gasteiger partial charge in [0.1, 0.15) is 11.4 Å². The zero-order valence-electron chi connectivity index (χ0n) is 16.7. The summed E-state index contributed by atoms with van der Waals surface area (Å²) >= 11 is 1.57. The summed E-state index contributed by atoms with van der Waals surface area (Å²) in [5.74, 6) is 1.59. The van der Waals surface area contributed by atoms with E-state index in [0.29, 0.717) is 11.6 Å². The van der Waals surface area contributed by atoms with Gasteiger partial charge in [0, 0.05) is 24.9 Å². The summed E-state index contributed by atoms with van der Waals surface area (Å²) in [5, 5.41) is 2.90. The average molecular weight is 407 g/mol. The molecule has 5 heteroatoms. The molecule has 2 heterocycles. The van der Waals surface area contributed by atoms with Crippen LogP contribution in [0.2, 0.25) is 0 Å². The molecule has 3 aromatic rings. The third-order valence-corrected chi connectivity index (χ3v) is 6.40. The van der Waals surface area contributed by atoms with Crippen LogP contribution in [0.15, 0.2) is 60.0 Å². The van der Waals surface area contributed by atoms with Gasteiger partial charge in [-0.3, -0.25) is 4.79 Å². The third kappa shape index (κ3) is 5.04. The molecule has 1 aliphatic rings. The van der Waals surface area contributed by atoms with Crippen molar-refractivity contribution in [3.63, 3.8) is 0 Å². The first kappa shape index (κ1) is 19.6. The molecule has 0 radical (unpaired) electrons. The molecule has 0 saturated carbocycles. The maximum Gasteiger partial charge on any atom is 0.273 e. The molecule has 0 aliphatic carbocycles. The van der Waals surface area contributed by atoms with Crippen LogP contribution in [0.5, 0.6) is 5.75 Å². The van der Waals surface area contributed by atoms with E-state index in [1.54, 1.807) is 18.4 Å². The van der Waals surface area contributed by atoms with Gasteiger partial charge < -0.3 is 9.64 Å². The Morgan fingerprint density at radius 2 is 1.79 bits per heavy atom. The Balaban J connectivity index is 1.29. The average Bonchev–Trinajstić information content (AvgIpc) is 3.23. The van der Waals surface area contributed by atoms with Crippen molar-refractivity contribution in [2.75, 3.05) is 20.2 Å². The van der Waals surface area contributed by atoms with Crippen LogP contribution in [0.4, 0.5) is 0 Å². The SMILES string of the molecule is COc1ccc(CC2CCN(C(=O)c3csc(Cc4ccccc4)n3)CC2)cc1.